The zero-order chi connectivity index (χ0) is 44.6. The van der Waals surface area contributed by atoms with Gasteiger partial charge in [-0.1, -0.05) is 244 Å². The Hall–Kier alpha value is -8.32. The van der Waals surface area contributed by atoms with Crippen LogP contribution in [0.25, 0.3) is 121 Å². The molecule has 0 amide bonds. The van der Waals surface area contributed by atoms with E-state index in [1.807, 2.05) is 0 Å². The van der Waals surface area contributed by atoms with Gasteiger partial charge in [-0.3, -0.25) is 0 Å². The predicted octanol–water partition coefficient (Wildman–Crippen LogP) is 18.6. The topological polar surface area (TPSA) is 0 Å². The van der Waals surface area contributed by atoms with Gasteiger partial charge in [-0.05, 0) is 144 Å². The Morgan fingerprint density at radius 1 is 0.209 bits per heavy atom. The highest BCUT2D eigenvalue weighted by molar-refractivity contribution is 6.22. The van der Waals surface area contributed by atoms with Gasteiger partial charge in [0.2, 0.25) is 0 Å². The summed E-state index contributed by atoms with van der Waals surface area (Å²) >= 11 is 0. The largest absolute Gasteiger partial charge is 0.0622 e. The summed E-state index contributed by atoms with van der Waals surface area (Å²) in [6, 6.07) is 90.0. The monoisotopic (exact) mass is 850 g/mol. The second-order valence-electron chi connectivity index (χ2n) is 18.7. The number of hydrogen-bond acceptors (Lipinski definition) is 0. The van der Waals surface area contributed by atoms with Crippen LogP contribution in [0.3, 0.4) is 0 Å². The molecule has 1 aliphatic rings. The van der Waals surface area contributed by atoms with Crippen molar-refractivity contribution >= 4 is 43.1 Å². The van der Waals surface area contributed by atoms with Gasteiger partial charge in [0.25, 0.3) is 0 Å². The minimum Gasteiger partial charge on any atom is -0.0622 e. The van der Waals surface area contributed by atoms with E-state index in [-0.39, 0.29) is 5.41 Å². The maximum Gasteiger partial charge on any atom is 0.0159 e. The maximum atomic E-state index is 2.44. The predicted molar refractivity (Wildman–Crippen MR) is 287 cm³/mol. The summed E-state index contributed by atoms with van der Waals surface area (Å²) < 4.78 is 0. The average molecular weight is 851 g/mol. The maximum absolute atomic E-state index is 2.44. The highest BCUT2D eigenvalue weighted by Crippen LogP contribution is 2.52. The lowest BCUT2D eigenvalue weighted by atomic mass is 9.80. The Morgan fingerprint density at radius 2 is 0.433 bits per heavy atom. The van der Waals surface area contributed by atoms with Crippen LogP contribution in [0.2, 0.25) is 0 Å². The number of hydrogen-bond donors (Lipinski definition) is 0. The normalized spacial score (nSPS) is 12.7. The Labute approximate surface area is 392 Å². The third kappa shape index (κ3) is 6.21. The summed E-state index contributed by atoms with van der Waals surface area (Å²) in [7, 11) is 0. The van der Waals surface area contributed by atoms with Crippen LogP contribution in [0.5, 0.6) is 0 Å². The van der Waals surface area contributed by atoms with Crippen molar-refractivity contribution in [1.29, 1.82) is 0 Å². The second kappa shape index (κ2) is 15.4. The van der Waals surface area contributed by atoms with E-state index in [0.717, 1.165) is 0 Å². The molecule has 13 rings (SSSR count). The first-order valence-electron chi connectivity index (χ1n) is 23.5. The van der Waals surface area contributed by atoms with Crippen LogP contribution in [0.15, 0.2) is 243 Å². The van der Waals surface area contributed by atoms with E-state index >= 15 is 0 Å². The van der Waals surface area contributed by atoms with Crippen LogP contribution in [0.4, 0.5) is 0 Å². The fourth-order valence-corrected chi connectivity index (χ4v) is 11.5. The summed E-state index contributed by atoms with van der Waals surface area (Å²) in [6.07, 6.45) is 0. The van der Waals surface area contributed by atoms with Crippen LogP contribution in [-0.2, 0) is 5.41 Å². The minimum absolute atomic E-state index is 0.159. The lowest BCUT2D eigenvalue weighted by molar-refractivity contribution is 0.661. The average Bonchev–Trinajstić information content (AvgIpc) is 3.62. The number of rotatable bonds is 6. The molecular formula is C67H46. The first kappa shape index (κ1) is 39.1. The van der Waals surface area contributed by atoms with Crippen LogP contribution >= 0.6 is 0 Å². The molecule has 67 heavy (non-hydrogen) atoms. The summed E-state index contributed by atoms with van der Waals surface area (Å²) in [5.74, 6) is 0. The van der Waals surface area contributed by atoms with Gasteiger partial charge in [0, 0.05) is 5.41 Å². The van der Waals surface area contributed by atoms with Crippen molar-refractivity contribution < 1.29 is 0 Å². The zero-order valence-electron chi connectivity index (χ0n) is 37.6. The van der Waals surface area contributed by atoms with Gasteiger partial charge in [0.05, 0.1) is 0 Å². The molecule has 0 heterocycles. The lowest BCUT2D eigenvalue weighted by Gasteiger charge is -2.23. The van der Waals surface area contributed by atoms with Crippen LogP contribution < -0.4 is 0 Å². The third-order valence-electron chi connectivity index (χ3n) is 14.7. The van der Waals surface area contributed by atoms with Gasteiger partial charge >= 0.3 is 0 Å². The molecule has 1 aliphatic carbocycles. The molecule has 12 aromatic carbocycles. The molecule has 0 heteroatoms. The fourth-order valence-electron chi connectivity index (χ4n) is 11.5. The molecule has 0 aromatic heterocycles. The van der Waals surface area contributed by atoms with E-state index in [9.17, 15) is 0 Å². The SMILES string of the molecule is CC1(C)c2cc(-c3ccc(-c4c5ccccc5c(-c5ccccc5)c5ccccc45)cc3)ccc2-c2ccc(-c3ccc(-c4c5ccccc5c(-c5ccccc5)c5ccccc45)cc3)cc21. The van der Waals surface area contributed by atoms with Crippen LogP contribution in [0.1, 0.15) is 25.0 Å². The molecule has 0 bridgehead atoms. The zero-order valence-corrected chi connectivity index (χ0v) is 37.6. The lowest BCUT2D eigenvalue weighted by Crippen LogP contribution is -2.15. The molecule has 0 atom stereocenters. The molecule has 0 spiro atoms. The van der Waals surface area contributed by atoms with E-state index in [1.165, 1.54) is 132 Å². The Bertz CT molecular complexity index is 3520. The molecule has 0 N–H and O–H groups in total. The first-order valence-corrected chi connectivity index (χ1v) is 23.5. The van der Waals surface area contributed by atoms with E-state index in [0.29, 0.717) is 0 Å². The van der Waals surface area contributed by atoms with Gasteiger partial charge in [-0.2, -0.15) is 0 Å². The Balaban J connectivity index is 0.832. The van der Waals surface area contributed by atoms with Crippen molar-refractivity contribution in [2.75, 3.05) is 0 Å². The highest BCUT2D eigenvalue weighted by atomic mass is 14.4. The Morgan fingerprint density at radius 3 is 0.716 bits per heavy atom. The van der Waals surface area contributed by atoms with Crippen molar-refractivity contribution in [1.82, 2.24) is 0 Å². The van der Waals surface area contributed by atoms with Gasteiger partial charge in [0.15, 0.2) is 0 Å². The molecular weight excluding hydrogens is 805 g/mol. The van der Waals surface area contributed by atoms with Crippen LogP contribution in [-0.4, -0.2) is 0 Å². The summed E-state index contributed by atoms with van der Waals surface area (Å²) in [5, 5.41) is 10.2. The van der Waals surface area contributed by atoms with Crippen molar-refractivity contribution in [3.63, 3.8) is 0 Å². The van der Waals surface area contributed by atoms with E-state index < -0.39 is 0 Å². The standard InChI is InChI=1S/C67H46/c1-67(2)61-41-49(43-29-33-47(34-30-43)65-57-25-13-9-21-53(57)63(45-17-5-3-6-18-45)54-22-10-14-26-58(54)65)37-39-51(61)52-40-38-50(42-62(52)67)44-31-35-48(36-32-44)66-59-27-15-11-23-55(59)64(46-19-7-4-8-20-46)56-24-12-16-28-60(56)66/h3-42H,1-2H3. The summed E-state index contributed by atoms with van der Waals surface area (Å²) in [4.78, 5) is 0. The molecule has 0 saturated heterocycles. The molecule has 0 radical (unpaired) electrons. The van der Waals surface area contributed by atoms with Gasteiger partial charge in [-0.25, -0.2) is 0 Å². The fraction of sp³-hybridized carbons (Fsp3) is 0.0448. The van der Waals surface area contributed by atoms with Crippen molar-refractivity contribution in [3.8, 4) is 77.9 Å². The molecule has 0 fully saturated rings. The quantitative estimate of drug-likeness (QED) is 0.146. The first-order chi connectivity index (χ1) is 33.0. The molecule has 0 aliphatic heterocycles. The van der Waals surface area contributed by atoms with Gasteiger partial charge in [-0.15, -0.1) is 0 Å². The molecule has 314 valence electrons. The van der Waals surface area contributed by atoms with Gasteiger partial charge in [0.1, 0.15) is 0 Å². The van der Waals surface area contributed by atoms with E-state index in [4.69, 9.17) is 0 Å². The number of fused-ring (bicyclic) bond motifs is 7. The highest BCUT2D eigenvalue weighted by Gasteiger charge is 2.36. The molecule has 0 nitrogen and oxygen atoms in total. The van der Waals surface area contributed by atoms with Crippen molar-refractivity contribution in [2.45, 2.75) is 19.3 Å². The van der Waals surface area contributed by atoms with E-state index in [2.05, 4.69) is 257 Å². The smallest absolute Gasteiger partial charge is 0.0159 e. The van der Waals surface area contributed by atoms with E-state index in [1.54, 1.807) is 0 Å². The summed E-state index contributed by atoms with van der Waals surface area (Å²) in [5.41, 5.74) is 20.3. The van der Waals surface area contributed by atoms with Crippen molar-refractivity contribution in [3.05, 3.63) is 254 Å². The number of benzene rings is 12. The third-order valence-corrected chi connectivity index (χ3v) is 14.7. The van der Waals surface area contributed by atoms with Crippen LogP contribution in [0, 0.1) is 0 Å². The minimum atomic E-state index is -0.159. The Kier molecular flexibility index (Phi) is 8.98. The summed E-state index contributed by atoms with van der Waals surface area (Å²) in [6.45, 7) is 4.78. The molecule has 12 aromatic rings. The molecule has 0 saturated carbocycles. The van der Waals surface area contributed by atoms with Gasteiger partial charge < -0.3 is 0 Å². The second-order valence-corrected chi connectivity index (χ2v) is 18.7. The molecule has 0 unspecified atom stereocenters. The van der Waals surface area contributed by atoms with Crippen molar-refractivity contribution in [2.24, 2.45) is 0 Å².